The predicted octanol–water partition coefficient (Wildman–Crippen LogP) is 2.69. The average molecular weight is 287 g/mol. The molecule has 1 amide bonds. The Morgan fingerprint density at radius 1 is 1.38 bits per heavy atom. The summed E-state index contributed by atoms with van der Waals surface area (Å²) in [6.07, 6.45) is 3.30. The number of carbonyl (C=O) groups excluding carboxylic acids is 1. The molecule has 0 bridgehead atoms. The molecule has 21 heavy (non-hydrogen) atoms. The summed E-state index contributed by atoms with van der Waals surface area (Å²) < 4.78 is 1.76. The molecule has 5 nitrogen and oxygen atoms in total. The highest BCUT2D eigenvalue weighted by Crippen LogP contribution is 2.19. The Bertz CT molecular complexity index is 654. The van der Waals surface area contributed by atoms with E-state index in [1.54, 1.807) is 23.1 Å². The smallest absolute Gasteiger partial charge is 0.258 e. The number of aliphatic hydroxyl groups is 1. The Hall–Kier alpha value is -2.14. The van der Waals surface area contributed by atoms with Crippen LogP contribution in [-0.4, -0.2) is 20.8 Å². The van der Waals surface area contributed by atoms with Crippen LogP contribution in [0, 0.1) is 6.92 Å². The van der Waals surface area contributed by atoms with E-state index in [2.05, 4.69) is 10.4 Å². The van der Waals surface area contributed by atoms with Crippen LogP contribution in [0.5, 0.6) is 0 Å². The third-order valence-corrected chi connectivity index (χ3v) is 3.26. The molecule has 1 aromatic heterocycles. The molecule has 0 radical (unpaired) electrons. The molecule has 1 heterocycles. The second-order valence-corrected chi connectivity index (χ2v) is 6.11. The van der Waals surface area contributed by atoms with Gasteiger partial charge in [0, 0.05) is 11.9 Å². The summed E-state index contributed by atoms with van der Waals surface area (Å²) in [7, 11) is 0. The number of nitrogens with one attached hydrogen (secondary N) is 1. The second kappa shape index (κ2) is 5.69. The number of hydrogen-bond acceptors (Lipinski definition) is 3. The van der Waals surface area contributed by atoms with E-state index in [0.29, 0.717) is 11.3 Å². The van der Waals surface area contributed by atoms with Crippen LogP contribution in [0.15, 0.2) is 30.6 Å². The van der Waals surface area contributed by atoms with Gasteiger partial charge in [-0.25, -0.2) is 0 Å². The van der Waals surface area contributed by atoms with Crippen LogP contribution < -0.4 is 5.32 Å². The number of benzene rings is 1. The topological polar surface area (TPSA) is 67.2 Å². The predicted molar refractivity (Wildman–Crippen MR) is 82.3 cm³/mol. The lowest BCUT2D eigenvalue weighted by Gasteiger charge is -2.18. The first-order valence-corrected chi connectivity index (χ1v) is 6.88. The van der Waals surface area contributed by atoms with E-state index in [-0.39, 0.29) is 18.1 Å². The van der Waals surface area contributed by atoms with Crippen molar-refractivity contribution in [3.05, 3.63) is 47.3 Å². The molecule has 1 aromatic carbocycles. The molecule has 0 aliphatic heterocycles. The molecule has 2 aromatic rings. The van der Waals surface area contributed by atoms with Crippen molar-refractivity contribution < 1.29 is 9.90 Å². The molecule has 2 rings (SSSR count). The molecule has 0 atom stereocenters. The normalized spacial score (nSPS) is 11.5. The number of aryl methyl sites for hydroxylation is 1. The van der Waals surface area contributed by atoms with Crippen LogP contribution in [0.25, 0.3) is 0 Å². The van der Waals surface area contributed by atoms with Crippen LogP contribution >= 0.6 is 0 Å². The number of amides is 1. The van der Waals surface area contributed by atoms with Gasteiger partial charge >= 0.3 is 0 Å². The van der Waals surface area contributed by atoms with Gasteiger partial charge in [0.1, 0.15) is 0 Å². The molecule has 0 aliphatic carbocycles. The molecular formula is C16H21N3O2. The average Bonchev–Trinajstić information content (AvgIpc) is 2.91. The summed E-state index contributed by atoms with van der Waals surface area (Å²) in [5.41, 5.74) is 2.77. The quantitative estimate of drug-likeness (QED) is 0.912. The second-order valence-electron chi connectivity index (χ2n) is 6.11. The van der Waals surface area contributed by atoms with Gasteiger partial charge in [0.05, 0.1) is 23.9 Å². The Labute approximate surface area is 124 Å². The molecule has 0 saturated heterocycles. The van der Waals surface area contributed by atoms with E-state index in [0.717, 1.165) is 11.1 Å². The van der Waals surface area contributed by atoms with Gasteiger partial charge in [-0.1, -0.05) is 12.1 Å². The summed E-state index contributed by atoms with van der Waals surface area (Å²) in [6.45, 7) is 7.93. The van der Waals surface area contributed by atoms with Crippen molar-refractivity contribution in [3.8, 4) is 0 Å². The van der Waals surface area contributed by atoms with Gasteiger partial charge < -0.3 is 10.4 Å². The number of aliphatic hydroxyl groups excluding tert-OH is 1. The molecule has 0 saturated carbocycles. The number of nitrogens with zero attached hydrogens (tertiary/aromatic N) is 2. The summed E-state index contributed by atoms with van der Waals surface area (Å²) in [5, 5.41) is 16.3. The Balaban J connectivity index is 2.20. The Kier molecular flexibility index (Phi) is 4.14. The third kappa shape index (κ3) is 3.49. The Morgan fingerprint density at radius 2 is 2.10 bits per heavy atom. The number of rotatable bonds is 3. The zero-order valence-corrected chi connectivity index (χ0v) is 12.8. The van der Waals surface area contributed by atoms with E-state index >= 15 is 0 Å². The first-order valence-electron chi connectivity index (χ1n) is 6.88. The fraction of sp³-hybridized carbons (Fsp3) is 0.375. The lowest BCUT2D eigenvalue weighted by molar-refractivity contribution is 0.102. The maximum atomic E-state index is 12.3. The molecular weight excluding hydrogens is 266 g/mol. The SMILES string of the molecule is Cc1ccc(CO)cc1NC(=O)c1cnn(C(C)(C)C)c1. The van der Waals surface area contributed by atoms with Crippen molar-refractivity contribution >= 4 is 11.6 Å². The third-order valence-electron chi connectivity index (χ3n) is 3.26. The van der Waals surface area contributed by atoms with Crippen LogP contribution in [0.3, 0.4) is 0 Å². The largest absolute Gasteiger partial charge is 0.392 e. The maximum Gasteiger partial charge on any atom is 0.258 e. The van der Waals surface area contributed by atoms with E-state index < -0.39 is 0 Å². The molecule has 0 aliphatic rings. The molecule has 0 fully saturated rings. The monoisotopic (exact) mass is 287 g/mol. The van der Waals surface area contributed by atoms with Crippen molar-refractivity contribution in [1.29, 1.82) is 0 Å². The lowest BCUT2D eigenvalue weighted by atomic mass is 10.1. The molecule has 2 N–H and O–H groups in total. The van der Waals surface area contributed by atoms with Gasteiger partial charge in [-0.3, -0.25) is 9.48 Å². The van der Waals surface area contributed by atoms with Gasteiger partial charge in [0.25, 0.3) is 5.91 Å². The highest BCUT2D eigenvalue weighted by atomic mass is 16.3. The first kappa shape index (κ1) is 15.3. The minimum absolute atomic E-state index is 0.0505. The number of hydrogen-bond donors (Lipinski definition) is 2. The lowest BCUT2D eigenvalue weighted by Crippen LogP contribution is -2.22. The van der Waals surface area contributed by atoms with Gasteiger partial charge in [0.2, 0.25) is 0 Å². The highest BCUT2D eigenvalue weighted by molar-refractivity contribution is 6.04. The minimum Gasteiger partial charge on any atom is -0.392 e. The zero-order chi connectivity index (χ0) is 15.6. The van der Waals surface area contributed by atoms with Crippen LogP contribution in [0.2, 0.25) is 0 Å². The van der Waals surface area contributed by atoms with Gasteiger partial charge in [-0.05, 0) is 44.9 Å². The molecule has 0 unspecified atom stereocenters. The molecule has 112 valence electrons. The van der Waals surface area contributed by atoms with Crippen LogP contribution in [0.4, 0.5) is 5.69 Å². The van der Waals surface area contributed by atoms with Crippen LogP contribution in [0.1, 0.15) is 42.3 Å². The van der Waals surface area contributed by atoms with E-state index in [1.165, 1.54) is 0 Å². The summed E-state index contributed by atoms with van der Waals surface area (Å²) in [6, 6.07) is 5.49. The molecule has 5 heteroatoms. The summed E-state index contributed by atoms with van der Waals surface area (Å²) >= 11 is 0. The van der Waals surface area contributed by atoms with Crippen molar-refractivity contribution in [2.45, 2.75) is 39.8 Å². The fourth-order valence-electron chi connectivity index (χ4n) is 1.90. The van der Waals surface area contributed by atoms with Crippen molar-refractivity contribution in [2.24, 2.45) is 0 Å². The summed E-state index contributed by atoms with van der Waals surface area (Å²) in [4.78, 5) is 12.3. The van der Waals surface area contributed by atoms with E-state index in [9.17, 15) is 9.90 Å². The van der Waals surface area contributed by atoms with E-state index in [1.807, 2.05) is 39.8 Å². The van der Waals surface area contributed by atoms with E-state index in [4.69, 9.17) is 0 Å². The maximum absolute atomic E-state index is 12.3. The minimum atomic E-state index is -0.205. The number of anilines is 1. The van der Waals surface area contributed by atoms with Gasteiger partial charge in [0.15, 0.2) is 0 Å². The van der Waals surface area contributed by atoms with Crippen molar-refractivity contribution in [1.82, 2.24) is 9.78 Å². The van der Waals surface area contributed by atoms with Crippen molar-refractivity contribution in [2.75, 3.05) is 5.32 Å². The number of carbonyl (C=O) groups is 1. The number of aromatic nitrogens is 2. The van der Waals surface area contributed by atoms with Gasteiger partial charge in [-0.15, -0.1) is 0 Å². The van der Waals surface area contributed by atoms with Crippen LogP contribution in [-0.2, 0) is 12.1 Å². The highest BCUT2D eigenvalue weighted by Gasteiger charge is 2.17. The summed E-state index contributed by atoms with van der Waals surface area (Å²) in [5.74, 6) is -0.205. The molecule has 0 spiro atoms. The first-order chi connectivity index (χ1) is 9.81. The zero-order valence-electron chi connectivity index (χ0n) is 12.8. The van der Waals surface area contributed by atoms with Gasteiger partial charge in [-0.2, -0.15) is 5.10 Å². The fourth-order valence-corrected chi connectivity index (χ4v) is 1.90. The van der Waals surface area contributed by atoms with Crippen molar-refractivity contribution in [3.63, 3.8) is 0 Å². The standard InChI is InChI=1S/C16H21N3O2/c1-11-5-6-12(10-20)7-14(11)18-15(21)13-8-17-19(9-13)16(2,3)4/h5-9,20H,10H2,1-4H3,(H,18,21). The Morgan fingerprint density at radius 3 is 2.67 bits per heavy atom.